The monoisotopic (exact) mass is 360 g/mol. The van der Waals surface area contributed by atoms with Crippen LogP contribution in [-0.4, -0.2) is 16.7 Å². The molecule has 1 aromatic heterocycles. The third-order valence-corrected chi connectivity index (χ3v) is 4.48. The second-order valence-electron chi connectivity index (χ2n) is 6.17. The summed E-state index contributed by atoms with van der Waals surface area (Å²) in [6.45, 7) is 0.282. The lowest BCUT2D eigenvalue weighted by molar-refractivity contribution is 0.414. The predicted molar refractivity (Wildman–Crippen MR) is 103 cm³/mol. The molecule has 4 rings (SSSR count). The van der Waals surface area contributed by atoms with Crippen molar-refractivity contribution in [1.82, 2.24) is 9.55 Å². The van der Waals surface area contributed by atoms with Gasteiger partial charge in [-0.2, -0.15) is 0 Å². The molecule has 134 valence electrons. The number of halogens is 1. The van der Waals surface area contributed by atoms with Gasteiger partial charge in [0.2, 0.25) is 0 Å². The maximum atomic E-state index is 14.5. The number of fused-ring (bicyclic) bond motifs is 1. The highest BCUT2D eigenvalue weighted by molar-refractivity contribution is 5.79. The third kappa shape index (κ3) is 3.19. The van der Waals surface area contributed by atoms with E-state index in [0.29, 0.717) is 22.3 Å². The first-order chi connectivity index (χ1) is 13.2. The van der Waals surface area contributed by atoms with Gasteiger partial charge in [-0.25, -0.2) is 9.37 Å². The molecule has 1 heterocycles. The Balaban J connectivity index is 1.93. The van der Waals surface area contributed by atoms with Gasteiger partial charge >= 0.3 is 0 Å². The Hall–Kier alpha value is -3.47. The molecule has 5 heteroatoms. The van der Waals surface area contributed by atoms with E-state index in [4.69, 9.17) is 4.74 Å². The lowest BCUT2D eigenvalue weighted by Crippen LogP contribution is -2.24. The van der Waals surface area contributed by atoms with Crippen molar-refractivity contribution in [2.45, 2.75) is 6.54 Å². The molecule has 0 unspecified atom stereocenters. The summed E-state index contributed by atoms with van der Waals surface area (Å²) in [7, 11) is 1.60. The molecule has 4 aromatic rings. The van der Waals surface area contributed by atoms with Gasteiger partial charge in [-0.15, -0.1) is 0 Å². The number of aromatic nitrogens is 2. The van der Waals surface area contributed by atoms with Crippen molar-refractivity contribution in [3.05, 3.63) is 94.5 Å². The van der Waals surface area contributed by atoms with Crippen molar-refractivity contribution < 1.29 is 9.13 Å². The minimum Gasteiger partial charge on any atom is -0.497 e. The molecule has 0 amide bonds. The Bertz CT molecular complexity index is 1170. The van der Waals surface area contributed by atoms with Gasteiger partial charge in [0.25, 0.3) is 5.56 Å². The topological polar surface area (TPSA) is 44.1 Å². The molecule has 0 fully saturated rings. The SMILES string of the molecule is COc1ccc(Cn2c(-c3ccccc3F)nc3ccccc3c2=O)cc1. The number of ether oxygens (including phenoxy) is 1. The van der Waals surface area contributed by atoms with Gasteiger partial charge in [-0.1, -0.05) is 36.4 Å². The molecule has 0 spiro atoms. The summed E-state index contributed by atoms with van der Waals surface area (Å²) in [5.74, 6) is 0.632. The molecular formula is C22H17FN2O2. The molecule has 0 radical (unpaired) electrons. The summed E-state index contributed by atoms with van der Waals surface area (Å²) in [5.41, 5.74) is 1.54. The van der Waals surface area contributed by atoms with Crippen LogP contribution in [0.25, 0.3) is 22.3 Å². The molecular weight excluding hydrogens is 343 g/mol. The third-order valence-electron chi connectivity index (χ3n) is 4.48. The van der Waals surface area contributed by atoms with Crippen molar-refractivity contribution in [2.24, 2.45) is 0 Å². The second-order valence-corrected chi connectivity index (χ2v) is 6.17. The maximum absolute atomic E-state index is 14.5. The summed E-state index contributed by atoms with van der Waals surface area (Å²) in [5, 5.41) is 0.506. The highest BCUT2D eigenvalue weighted by Crippen LogP contribution is 2.23. The molecule has 0 N–H and O–H groups in total. The molecule has 0 saturated carbocycles. The van der Waals surface area contributed by atoms with Crippen molar-refractivity contribution in [3.8, 4) is 17.1 Å². The highest BCUT2D eigenvalue weighted by Gasteiger charge is 2.15. The number of hydrogen-bond donors (Lipinski definition) is 0. The Morgan fingerprint density at radius 3 is 2.41 bits per heavy atom. The summed E-state index contributed by atoms with van der Waals surface area (Å²) in [4.78, 5) is 17.7. The summed E-state index contributed by atoms with van der Waals surface area (Å²) in [6, 6.07) is 20.9. The van der Waals surface area contributed by atoms with Gasteiger partial charge in [-0.3, -0.25) is 9.36 Å². The van der Waals surface area contributed by atoms with E-state index < -0.39 is 5.82 Å². The zero-order valence-electron chi connectivity index (χ0n) is 14.7. The molecule has 0 aliphatic rings. The Morgan fingerprint density at radius 1 is 0.963 bits per heavy atom. The van der Waals surface area contributed by atoms with Gasteiger partial charge in [-0.05, 0) is 42.0 Å². The molecule has 0 atom stereocenters. The van der Waals surface area contributed by atoms with Crippen molar-refractivity contribution in [2.75, 3.05) is 7.11 Å². The first-order valence-electron chi connectivity index (χ1n) is 8.55. The summed E-state index contributed by atoms with van der Waals surface area (Å²) < 4.78 is 21.1. The molecule has 0 bridgehead atoms. The van der Waals surface area contributed by atoms with Crippen LogP contribution in [-0.2, 0) is 6.54 Å². The van der Waals surface area contributed by atoms with E-state index in [0.717, 1.165) is 11.3 Å². The molecule has 0 aliphatic carbocycles. The first-order valence-corrected chi connectivity index (χ1v) is 8.55. The van der Waals surface area contributed by atoms with Crippen LogP contribution in [0.3, 0.4) is 0 Å². The van der Waals surface area contributed by atoms with E-state index in [1.165, 1.54) is 10.6 Å². The van der Waals surface area contributed by atoms with E-state index in [1.807, 2.05) is 30.3 Å². The largest absolute Gasteiger partial charge is 0.497 e. The molecule has 0 aliphatic heterocycles. The van der Waals surface area contributed by atoms with Crippen LogP contribution in [0.15, 0.2) is 77.6 Å². The summed E-state index contributed by atoms with van der Waals surface area (Å²) in [6.07, 6.45) is 0. The van der Waals surface area contributed by atoms with E-state index in [9.17, 15) is 9.18 Å². The molecule has 3 aromatic carbocycles. The minimum atomic E-state index is -0.414. The number of rotatable bonds is 4. The van der Waals surface area contributed by atoms with Crippen LogP contribution in [0.1, 0.15) is 5.56 Å². The normalized spacial score (nSPS) is 10.9. The first kappa shape index (κ1) is 17.0. The van der Waals surface area contributed by atoms with Gasteiger partial charge < -0.3 is 4.74 Å². The van der Waals surface area contributed by atoms with Crippen LogP contribution >= 0.6 is 0 Å². The minimum absolute atomic E-state index is 0.199. The lowest BCUT2D eigenvalue weighted by atomic mass is 10.1. The van der Waals surface area contributed by atoms with Gasteiger partial charge in [0.1, 0.15) is 17.4 Å². The molecule has 0 saturated heterocycles. The van der Waals surface area contributed by atoms with Crippen LogP contribution in [0.2, 0.25) is 0 Å². The number of benzene rings is 3. The van der Waals surface area contributed by atoms with E-state index in [1.54, 1.807) is 43.5 Å². The van der Waals surface area contributed by atoms with Crippen molar-refractivity contribution in [3.63, 3.8) is 0 Å². The van der Waals surface area contributed by atoms with Crippen LogP contribution in [0.4, 0.5) is 4.39 Å². The number of para-hydroxylation sites is 1. The number of hydrogen-bond acceptors (Lipinski definition) is 3. The zero-order chi connectivity index (χ0) is 18.8. The van der Waals surface area contributed by atoms with Gasteiger partial charge in [0.05, 0.1) is 30.1 Å². The lowest BCUT2D eigenvalue weighted by Gasteiger charge is -2.14. The number of methoxy groups -OCH3 is 1. The molecule has 4 nitrogen and oxygen atoms in total. The Morgan fingerprint density at radius 2 is 1.67 bits per heavy atom. The van der Waals surface area contributed by atoms with Crippen molar-refractivity contribution >= 4 is 10.9 Å². The summed E-state index contributed by atoms with van der Waals surface area (Å²) >= 11 is 0. The fourth-order valence-corrected chi connectivity index (χ4v) is 3.08. The maximum Gasteiger partial charge on any atom is 0.261 e. The highest BCUT2D eigenvalue weighted by atomic mass is 19.1. The van der Waals surface area contributed by atoms with Crippen molar-refractivity contribution in [1.29, 1.82) is 0 Å². The van der Waals surface area contributed by atoms with E-state index in [-0.39, 0.29) is 12.1 Å². The fourth-order valence-electron chi connectivity index (χ4n) is 3.08. The smallest absolute Gasteiger partial charge is 0.261 e. The van der Waals surface area contributed by atoms with Crippen LogP contribution < -0.4 is 10.3 Å². The second kappa shape index (κ2) is 7.03. The Kier molecular flexibility index (Phi) is 4.42. The number of nitrogens with zero attached hydrogens (tertiary/aromatic N) is 2. The van der Waals surface area contributed by atoms with E-state index in [2.05, 4.69) is 4.98 Å². The zero-order valence-corrected chi connectivity index (χ0v) is 14.7. The fraction of sp³-hybridized carbons (Fsp3) is 0.0909. The quantitative estimate of drug-likeness (QED) is 0.546. The Labute approximate surface area is 155 Å². The average Bonchev–Trinajstić information content (AvgIpc) is 2.71. The van der Waals surface area contributed by atoms with E-state index >= 15 is 0 Å². The molecule has 27 heavy (non-hydrogen) atoms. The standard InChI is InChI=1S/C22H17FN2O2/c1-27-16-12-10-15(11-13-16)14-25-21(17-6-2-4-8-19(17)23)24-20-9-5-3-7-18(20)22(25)26/h2-13H,14H2,1H3. The van der Waals surface area contributed by atoms with Crippen LogP contribution in [0.5, 0.6) is 5.75 Å². The van der Waals surface area contributed by atoms with Gasteiger partial charge in [0.15, 0.2) is 0 Å². The van der Waals surface area contributed by atoms with Crippen LogP contribution in [0, 0.1) is 5.82 Å². The average molecular weight is 360 g/mol. The predicted octanol–water partition coefficient (Wildman–Crippen LogP) is 4.26. The van der Waals surface area contributed by atoms with Gasteiger partial charge in [0, 0.05) is 0 Å².